The molecule has 0 aliphatic carbocycles. The van der Waals surface area contributed by atoms with Crippen molar-refractivity contribution in [1.82, 2.24) is 14.5 Å². The van der Waals surface area contributed by atoms with Gasteiger partial charge in [-0.2, -0.15) is 4.31 Å². The van der Waals surface area contributed by atoms with Gasteiger partial charge in [-0.3, -0.25) is 10.1 Å². The molecular formula is C20H19BrN4O4S. The first-order chi connectivity index (χ1) is 14.3. The molecule has 1 aliphatic heterocycles. The molecule has 1 atom stereocenters. The molecule has 2 heterocycles. The van der Waals surface area contributed by atoms with Gasteiger partial charge in [-0.05, 0) is 50.1 Å². The lowest BCUT2D eigenvalue weighted by atomic mass is 10.2. The van der Waals surface area contributed by atoms with Crippen molar-refractivity contribution < 1.29 is 17.6 Å². The number of carbonyl (C=O) groups excluding carboxylic acids is 1. The van der Waals surface area contributed by atoms with Crippen LogP contribution in [0.25, 0.3) is 11.5 Å². The Morgan fingerprint density at radius 3 is 2.70 bits per heavy atom. The summed E-state index contributed by atoms with van der Waals surface area (Å²) in [6.45, 7) is 2.16. The third-order valence-electron chi connectivity index (χ3n) is 4.86. The number of hydrogen-bond acceptors (Lipinski definition) is 6. The van der Waals surface area contributed by atoms with E-state index in [1.807, 2.05) is 25.1 Å². The highest BCUT2D eigenvalue weighted by atomic mass is 79.9. The van der Waals surface area contributed by atoms with Crippen LogP contribution in [0.2, 0.25) is 0 Å². The van der Waals surface area contributed by atoms with Gasteiger partial charge >= 0.3 is 6.01 Å². The Bertz CT molecular complexity index is 1180. The molecule has 1 unspecified atom stereocenters. The molecule has 1 fully saturated rings. The molecule has 8 nitrogen and oxygen atoms in total. The maximum atomic E-state index is 13.0. The zero-order valence-electron chi connectivity index (χ0n) is 16.1. The minimum Gasteiger partial charge on any atom is -0.403 e. The number of aryl methyl sites for hydroxylation is 1. The van der Waals surface area contributed by atoms with Crippen molar-refractivity contribution in [2.75, 3.05) is 11.9 Å². The Morgan fingerprint density at radius 1 is 1.20 bits per heavy atom. The normalized spacial score (nSPS) is 17.2. The summed E-state index contributed by atoms with van der Waals surface area (Å²) in [5.41, 5.74) is 1.66. The molecule has 2 aromatic carbocycles. The third kappa shape index (κ3) is 4.16. The Balaban J connectivity index is 1.51. The maximum Gasteiger partial charge on any atom is 0.322 e. The van der Waals surface area contributed by atoms with Crippen LogP contribution in [0.3, 0.4) is 0 Å². The van der Waals surface area contributed by atoms with E-state index < -0.39 is 22.0 Å². The van der Waals surface area contributed by atoms with Gasteiger partial charge in [0, 0.05) is 16.6 Å². The van der Waals surface area contributed by atoms with Crippen LogP contribution in [0.15, 0.2) is 62.3 Å². The highest BCUT2D eigenvalue weighted by Crippen LogP contribution is 2.28. The third-order valence-corrected chi connectivity index (χ3v) is 7.28. The van der Waals surface area contributed by atoms with E-state index in [0.29, 0.717) is 18.4 Å². The van der Waals surface area contributed by atoms with Gasteiger partial charge in [-0.25, -0.2) is 8.42 Å². The van der Waals surface area contributed by atoms with Gasteiger partial charge in [-0.15, -0.1) is 5.10 Å². The molecule has 30 heavy (non-hydrogen) atoms. The van der Waals surface area contributed by atoms with Crippen molar-refractivity contribution in [3.8, 4) is 11.5 Å². The van der Waals surface area contributed by atoms with Crippen LogP contribution in [0, 0.1) is 6.92 Å². The van der Waals surface area contributed by atoms with Crippen LogP contribution >= 0.6 is 15.9 Å². The number of nitrogens with zero attached hydrogens (tertiary/aromatic N) is 3. The highest BCUT2D eigenvalue weighted by molar-refractivity contribution is 9.10. The van der Waals surface area contributed by atoms with Crippen LogP contribution in [-0.2, 0) is 14.8 Å². The van der Waals surface area contributed by atoms with Gasteiger partial charge in [0.1, 0.15) is 6.04 Å². The Hall–Kier alpha value is -2.56. The van der Waals surface area contributed by atoms with Crippen LogP contribution in [0.1, 0.15) is 18.4 Å². The van der Waals surface area contributed by atoms with Crippen LogP contribution < -0.4 is 5.32 Å². The zero-order chi connectivity index (χ0) is 21.3. The zero-order valence-corrected chi connectivity index (χ0v) is 18.5. The summed E-state index contributed by atoms with van der Waals surface area (Å²) >= 11 is 3.38. The Kier molecular flexibility index (Phi) is 5.72. The average molecular weight is 491 g/mol. The minimum absolute atomic E-state index is 0.0745. The second kappa shape index (κ2) is 8.29. The summed E-state index contributed by atoms with van der Waals surface area (Å²) in [5, 5.41) is 10.4. The molecule has 1 amide bonds. The molecule has 0 radical (unpaired) electrons. The number of benzene rings is 2. The molecular weight excluding hydrogens is 472 g/mol. The van der Waals surface area contributed by atoms with E-state index in [9.17, 15) is 13.2 Å². The van der Waals surface area contributed by atoms with E-state index in [1.165, 1.54) is 4.31 Å². The summed E-state index contributed by atoms with van der Waals surface area (Å²) < 4.78 is 33.7. The topological polar surface area (TPSA) is 105 Å². The molecule has 156 valence electrons. The van der Waals surface area contributed by atoms with Crippen LogP contribution in [-0.4, -0.2) is 41.4 Å². The van der Waals surface area contributed by atoms with E-state index >= 15 is 0 Å². The predicted octanol–water partition coefficient (Wildman–Crippen LogP) is 3.60. The van der Waals surface area contributed by atoms with Gasteiger partial charge in [0.25, 0.3) is 0 Å². The first-order valence-corrected chi connectivity index (χ1v) is 11.6. The molecule has 4 rings (SSSR count). The van der Waals surface area contributed by atoms with E-state index in [2.05, 4.69) is 31.4 Å². The number of sulfonamides is 1. The molecule has 1 N–H and O–H groups in total. The molecule has 1 aliphatic rings. The predicted molar refractivity (Wildman–Crippen MR) is 114 cm³/mol. The minimum atomic E-state index is -3.78. The fourth-order valence-electron chi connectivity index (χ4n) is 3.34. The molecule has 3 aromatic rings. The largest absolute Gasteiger partial charge is 0.403 e. The molecule has 10 heteroatoms. The smallest absolute Gasteiger partial charge is 0.322 e. The SMILES string of the molecule is Cc1ccc(S(=O)(=O)N2CCCC2C(=O)Nc2nnc(-c3cccc(Br)c3)o2)cc1. The molecule has 1 aromatic heterocycles. The van der Waals surface area contributed by atoms with Gasteiger partial charge < -0.3 is 4.42 Å². The molecule has 0 bridgehead atoms. The first kappa shape index (κ1) is 20.7. The van der Waals surface area contributed by atoms with Crippen molar-refractivity contribution in [2.45, 2.75) is 30.7 Å². The van der Waals surface area contributed by atoms with E-state index in [-0.39, 0.29) is 23.3 Å². The van der Waals surface area contributed by atoms with Crippen molar-refractivity contribution in [1.29, 1.82) is 0 Å². The number of carbonyl (C=O) groups is 1. The quantitative estimate of drug-likeness (QED) is 0.585. The lowest BCUT2D eigenvalue weighted by Gasteiger charge is -2.22. The van der Waals surface area contributed by atoms with E-state index in [0.717, 1.165) is 10.0 Å². The lowest BCUT2D eigenvalue weighted by Crippen LogP contribution is -2.43. The van der Waals surface area contributed by atoms with Crippen LogP contribution in [0.5, 0.6) is 0 Å². The van der Waals surface area contributed by atoms with Gasteiger partial charge in [0.15, 0.2) is 0 Å². The number of halogens is 1. The fourth-order valence-corrected chi connectivity index (χ4v) is 5.39. The summed E-state index contributed by atoms with van der Waals surface area (Å²) in [5.74, 6) is -0.241. The summed E-state index contributed by atoms with van der Waals surface area (Å²) in [6, 6.07) is 13.0. The number of aromatic nitrogens is 2. The number of amides is 1. The van der Waals surface area contributed by atoms with E-state index in [1.54, 1.807) is 30.3 Å². The summed E-state index contributed by atoms with van der Waals surface area (Å²) in [4.78, 5) is 13.0. The first-order valence-electron chi connectivity index (χ1n) is 9.33. The van der Waals surface area contributed by atoms with Crippen LogP contribution in [0.4, 0.5) is 6.01 Å². The fraction of sp³-hybridized carbons (Fsp3) is 0.250. The maximum absolute atomic E-state index is 13.0. The van der Waals surface area contributed by atoms with Gasteiger partial charge in [-0.1, -0.05) is 44.8 Å². The van der Waals surface area contributed by atoms with Crippen molar-refractivity contribution in [2.24, 2.45) is 0 Å². The average Bonchev–Trinajstić information content (AvgIpc) is 3.38. The number of rotatable bonds is 5. The number of hydrogen-bond donors (Lipinski definition) is 1. The second-order valence-corrected chi connectivity index (χ2v) is 9.81. The van der Waals surface area contributed by atoms with Crippen molar-refractivity contribution >= 4 is 37.9 Å². The lowest BCUT2D eigenvalue weighted by molar-refractivity contribution is -0.119. The van der Waals surface area contributed by atoms with Crippen molar-refractivity contribution in [3.05, 3.63) is 58.6 Å². The monoisotopic (exact) mass is 490 g/mol. The summed E-state index contributed by atoms with van der Waals surface area (Å²) in [7, 11) is -3.78. The second-order valence-electron chi connectivity index (χ2n) is 7.00. The molecule has 0 spiro atoms. The van der Waals surface area contributed by atoms with Gasteiger partial charge in [0.05, 0.1) is 4.90 Å². The number of nitrogens with one attached hydrogen (secondary N) is 1. The molecule has 1 saturated heterocycles. The standard InChI is InChI=1S/C20H19BrN4O4S/c1-13-7-9-16(10-8-13)30(27,28)25-11-3-6-17(25)18(26)22-20-24-23-19(29-20)14-4-2-5-15(21)12-14/h2,4-5,7-10,12,17H,3,6,11H2,1H3,(H,22,24,26). The number of anilines is 1. The van der Waals surface area contributed by atoms with E-state index in [4.69, 9.17) is 4.42 Å². The molecule has 0 saturated carbocycles. The Labute approximate surface area is 182 Å². The summed E-state index contributed by atoms with van der Waals surface area (Å²) in [6.07, 6.45) is 1.01. The van der Waals surface area contributed by atoms with Crippen molar-refractivity contribution in [3.63, 3.8) is 0 Å². The highest BCUT2D eigenvalue weighted by Gasteiger charge is 2.39. The Morgan fingerprint density at radius 2 is 1.97 bits per heavy atom. The van der Waals surface area contributed by atoms with Gasteiger partial charge in [0.2, 0.25) is 21.8 Å².